The predicted octanol–water partition coefficient (Wildman–Crippen LogP) is 5.88. The van der Waals surface area contributed by atoms with E-state index in [2.05, 4.69) is 23.8 Å². The first-order valence-corrected chi connectivity index (χ1v) is 10.9. The van der Waals surface area contributed by atoms with E-state index in [9.17, 15) is 4.79 Å². The summed E-state index contributed by atoms with van der Waals surface area (Å²) in [6.07, 6.45) is 7.60. The number of aromatic nitrogens is 2. The normalized spacial score (nSPS) is 14.3. The molecular weight excluding hydrogens is 398 g/mol. The number of piperidine rings is 1. The van der Waals surface area contributed by atoms with Crippen molar-refractivity contribution >= 4 is 17.5 Å². The fraction of sp³-hybridized carbons (Fsp3) is 0.375. The highest BCUT2D eigenvalue weighted by molar-refractivity contribution is 6.33. The van der Waals surface area contributed by atoms with Crippen molar-refractivity contribution in [2.45, 2.75) is 39.5 Å². The molecule has 6 heteroatoms. The zero-order valence-electron chi connectivity index (χ0n) is 17.4. The molecular formula is C24H26ClN3O2. The Kier molecular flexibility index (Phi) is 6.18. The number of likely N-dealkylation sites (tertiary alicyclic amines) is 1. The van der Waals surface area contributed by atoms with Gasteiger partial charge in [0.1, 0.15) is 12.0 Å². The van der Waals surface area contributed by atoms with Gasteiger partial charge in [-0.3, -0.25) is 9.78 Å². The maximum atomic E-state index is 12.7. The van der Waals surface area contributed by atoms with Crippen molar-refractivity contribution in [1.82, 2.24) is 14.9 Å². The summed E-state index contributed by atoms with van der Waals surface area (Å²) in [6.45, 7) is 5.96. The first kappa shape index (κ1) is 20.6. The molecule has 0 saturated carbocycles. The topological polar surface area (TPSA) is 59.2 Å². The molecule has 0 spiro atoms. The number of oxazole rings is 1. The van der Waals surface area contributed by atoms with Gasteiger partial charge in [-0.25, -0.2) is 4.98 Å². The second-order valence-electron chi connectivity index (χ2n) is 8.22. The van der Waals surface area contributed by atoms with Crippen LogP contribution in [-0.4, -0.2) is 33.9 Å². The predicted molar refractivity (Wildman–Crippen MR) is 118 cm³/mol. The van der Waals surface area contributed by atoms with Crippen LogP contribution in [0.3, 0.4) is 0 Å². The summed E-state index contributed by atoms with van der Waals surface area (Å²) in [5.41, 5.74) is 3.91. The lowest BCUT2D eigenvalue weighted by molar-refractivity contribution is 0.0724. The van der Waals surface area contributed by atoms with Crippen LogP contribution in [0.1, 0.15) is 49.2 Å². The van der Waals surface area contributed by atoms with Crippen LogP contribution in [0, 0.1) is 5.92 Å². The summed E-state index contributed by atoms with van der Waals surface area (Å²) >= 11 is 6.52. The lowest BCUT2D eigenvalue weighted by Crippen LogP contribution is -2.35. The van der Waals surface area contributed by atoms with Gasteiger partial charge in [-0.15, -0.1) is 0 Å². The second kappa shape index (κ2) is 9.00. The molecule has 0 unspecified atom stereocenters. The van der Waals surface area contributed by atoms with Gasteiger partial charge in [-0.1, -0.05) is 31.5 Å². The monoisotopic (exact) mass is 423 g/mol. The first-order valence-electron chi connectivity index (χ1n) is 10.5. The first-order chi connectivity index (χ1) is 14.5. The minimum atomic E-state index is 0.0402. The van der Waals surface area contributed by atoms with Crippen LogP contribution in [0.5, 0.6) is 0 Å². The van der Waals surface area contributed by atoms with Crippen LogP contribution in [0.15, 0.2) is 47.2 Å². The van der Waals surface area contributed by atoms with Gasteiger partial charge in [0.2, 0.25) is 5.89 Å². The second-order valence-corrected chi connectivity index (χ2v) is 8.63. The van der Waals surface area contributed by atoms with Crippen molar-refractivity contribution in [2.75, 3.05) is 13.1 Å². The van der Waals surface area contributed by atoms with Crippen molar-refractivity contribution in [3.05, 3.63) is 59.1 Å². The Bertz CT molecular complexity index is 1040. The molecule has 1 amide bonds. The minimum Gasteiger partial charge on any atom is -0.444 e. The SMILES string of the molecule is CC(C)Cc1cc(-c2nc(-c3ccc(C(=O)N4CCCCC4)cc3Cl)co2)ccn1. The number of pyridine rings is 1. The summed E-state index contributed by atoms with van der Waals surface area (Å²) in [5, 5.41) is 0.493. The third-order valence-corrected chi connectivity index (χ3v) is 5.63. The van der Waals surface area contributed by atoms with Gasteiger partial charge >= 0.3 is 0 Å². The number of carbonyl (C=O) groups excluding carboxylic acids is 1. The number of hydrogen-bond donors (Lipinski definition) is 0. The molecule has 2 aromatic heterocycles. The van der Waals surface area contributed by atoms with Crippen LogP contribution in [0.2, 0.25) is 5.02 Å². The summed E-state index contributed by atoms with van der Waals surface area (Å²) in [4.78, 5) is 23.7. The molecule has 1 fully saturated rings. The molecule has 5 nitrogen and oxygen atoms in total. The Morgan fingerprint density at radius 3 is 2.70 bits per heavy atom. The number of halogens is 1. The van der Waals surface area contributed by atoms with E-state index in [1.165, 1.54) is 6.42 Å². The number of rotatable bonds is 5. The van der Waals surface area contributed by atoms with Gasteiger partial charge in [0.05, 0.1) is 5.02 Å². The Labute approximate surface area is 182 Å². The summed E-state index contributed by atoms with van der Waals surface area (Å²) in [6, 6.07) is 9.30. The van der Waals surface area contributed by atoms with E-state index in [0.29, 0.717) is 28.1 Å². The molecule has 0 aliphatic carbocycles. The Hall–Kier alpha value is -2.66. The van der Waals surface area contributed by atoms with Crippen LogP contribution in [-0.2, 0) is 6.42 Å². The number of carbonyl (C=O) groups is 1. The number of hydrogen-bond acceptors (Lipinski definition) is 4. The Morgan fingerprint density at radius 2 is 1.97 bits per heavy atom. The third kappa shape index (κ3) is 4.57. The third-order valence-electron chi connectivity index (χ3n) is 5.32. The summed E-state index contributed by atoms with van der Waals surface area (Å²) < 4.78 is 5.72. The van der Waals surface area contributed by atoms with Crippen LogP contribution in [0.25, 0.3) is 22.7 Å². The Morgan fingerprint density at radius 1 is 1.17 bits per heavy atom. The van der Waals surface area contributed by atoms with E-state index >= 15 is 0 Å². The molecule has 30 heavy (non-hydrogen) atoms. The van der Waals surface area contributed by atoms with Gasteiger partial charge in [0.15, 0.2) is 0 Å². The number of amides is 1. The number of nitrogens with zero attached hydrogens (tertiary/aromatic N) is 3. The molecule has 1 aliphatic rings. The van der Waals surface area contributed by atoms with E-state index in [-0.39, 0.29) is 5.91 Å². The molecule has 1 aromatic carbocycles. The van der Waals surface area contributed by atoms with E-state index in [4.69, 9.17) is 16.0 Å². The van der Waals surface area contributed by atoms with E-state index in [0.717, 1.165) is 49.2 Å². The van der Waals surface area contributed by atoms with Crippen molar-refractivity contribution in [1.29, 1.82) is 0 Å². The average molecular weight is 424 g/mol. The summed E-state index contributed by atoms with van der Waals surface area (Å²) in [7, 11) is 0. The van der Waals surface area contributed by atoms with Crippen LogP contribution in [0.4, 0.5) is 0 Å². The molecule has 4 rings (SSSR count). The maximum Gasteiger partial charge on any atom is 0.253 e. The average Bonchev–Trinajstić information content (AvgIpc) is 3.23. The molecule has 0 N–H and O–H groups in total. The van der Waals surface area contributed by atoms with Gasteiger partial charge in [-0.05, 0) is 55.9 Å². The van der Waals surface area contributed by atoms with E-state index in [1.807, 2.05) is 29.2 Å². The lowest BCUT2D eigenvalue weighted by atomic mass is 10.1. The van der Waals surface area contributed by atoms with Crippen LogP contribution < -0.4 is 0 Å². The molecule has 1 saturated heterocycles. The maximum absolute atomic E-state index is 12.7. The van der Waals surface area contributed by atoms with E-state index < -0.39 is 0 Å². The van der Waals surface area contributed by atoms with E-state index in [1.54, 1.807) is 18.5 Å². The smallest absolute Gasteiger partial charge is 0.253 e. The largest absolute Gasteiger partial charge is 0.444 e. The van der Waals surface area contributed by atoms with Crippen molar-refractivity contribution in [3.8, 4) is 22.7 Å². The molecule has 0 bridgehead atoms. The van der Waals surface area contributed by atoms with Crippen molar-refractivity contribution in [3.63, 3.8) is 0 Å². The van der Waals surface area contributed by atoms with Crippen LogP contribution >= 0.6 is 11.6 Å². The van der Waals surface area contributed by atoms with Gasteiger partial charge in [0.25, 0.3) is 5.91 Å². The molecule has 0 atom stereocenters. The standard InChI is InChI=1S/C24H26ClN3O2/c1-16(2)12-19-13-17(8-9-26-19)23-27-22(15-30-23)20-7-6-18(14-21(20)25)24(29)28-10-4-3-5-11-28/h6-9,13-16H,3-5,10-12H2,1-2H3. The Balaban J connectivity index is 1.55. The minimum absolute atomic E-state index is 0.0402. The lowest BCUT2D eigenvalue weighted by Gasteiger charge is -2.26. The van der Waals surface area contributed by atoms with Gasteiger partial charge < -0.3 is 9.32 Å². The quantitative estimate of drug-likeness (QED) is 0.514. The molecule has 156 valence electrons. The molecule has 3 aromatic rings. The van der Waals surface area contributed by atoms with Crippen molar-refractivity contribution in [2.24, 2.45) is 5.92 Å². The fourth-order valence-corrected chi connectivity index (χ4v) is 4.08. The van der Waals surface area contributed by atoms with Crippen molar-refractivity contribution < 1.29 is 9.21 Å². The van der Waals surface area contributed by atoms with Gasteiger partial charge in [-0.2, -0.15) is 0 Å². The highest BCUT2D eigenvalue weighted by atomic mass is 35.5. The zero-order chi connectivity index (χ0) is 21.1. The zero-order valence-corrected chi connectivity index (χ0v) is 18.2. The molecule has 3 heterocycles. The highest BCUT2D eigenvalue weighted by Crippen LogP contribution is 2.31. The highest BCUT2D eigenvalue weighted by Gasteiger charge is 2.20. The fourth-order valence-electron chi connectivity index (χ4n) is 3.81. The number of benzene rings is 1. The molecule has 0 radical (unpaired) electrons. The summed E-state index contributed by atoms with van der Waals surface area (Å²) in [5.74, 6) is 1.10. The molecule has 1 aliphatic heterocycles. The van der Waals surface area contributed by atoms with Gasteiger partial charge in [0, 0.05) is 41.7 Å².